The molecule has 4 rings (SSSR count). The number of imide groups is 1. The lowest BCUT2D eigenvalue weighted by Gasteiger charge is -2.18. The third kappa shape index (κ3) is 3.40. The van der Waals surface area contributed by atoms with Crippen LogP contribution in [-0.2, 0) is 16.1 Å². The van der Waals surface area contributed by atoms with Gasteiger partial charge in [0.05, 0.1) is 41.6 Å². The number of methoxy groups -OCH3 is 1. The molecule has 0 radical (unpaired) electrons. The molecule has 2 heterocycles. The van der Waals surface area contributed by atoms with Crippen LogP contribution in [0, 0.1) is 6.92 Å². The zero-order valence-electron chi connectivity index (χ0n) is 16.0. The largest absolute Gasteiger partial charge is 0.465 e. The van der Waals surface area contributed by atoms with Crippen molar-refractivity contribution >= 4 is 34.6 Å². The Morgan fingerprint density at radius 1 is 1.07 bits per heavy atom. The van der Waals surface area contributed by atoms with Crippen LogP contribution in [-0.4, -0.2) is 46.4 Å². The lowest BCUT2D eigenvalue weighted by molar-refractivity contribution is -0.125. The van der Waals surface area contributed by atoms with Crippen LogP contribution in [0.3, 0.4) is 0 Å². The zero-order valence-corrected chi connectivity index (χ0v) is 16.0. The normalized spacial score (nSPS) is 14.0. The standard InChI is InChI=1S/C21H18N4O4/c1-13-18(23-17-9-4-3-8-16(17)22-13)11-25-19(26)12-24(21(25)28)15-7-5-6-14(10-15)20(27)29-2/h3-10H,11-12H2,1-2H3. The summed E-state index contributed by atoms with van der Waals surface area (Å²) in [6.45, 7) is 1.73. The Labute approximate surface area is 166 Å². The lowest BCUT2D eigenvalue weighted by atomic mass is 10.2. The van der Waals surface area contributed by atoms with Crippen LogP contribution in [0.2, 0.25) is 0 Å². The molecule has 0 N–H and O–H groups in total. The number of para-hydroxylation sites is 2. The SMILES string of the molecule is COC(=O)c1cccc(N2CC(=O)N(Cc3nc4ccccc4nc3C)C2=O)c1. The van der Waals surface area contributed by atoms with Gasteiger partial charge in [-0.25, -0.2) is 19.6 Å². The summed E-state index contributed by atoms with van der Waals surface area (Å²) < 4.78 is 4.72. The summed E-state index contributed by atoms with van der Waals surface area (Å²) in [7, 11) is 1.29. The van der Waals surface area contributed by atoms with Gasteiger partial charge in [-0.2, -0.15) is 0 Å². The molecule has 3 aromatic rings. The molecule has 1 aliphatic rings. The number of ether oxygens (including phenoxy) is 1. The molecule has 0 spiro atoms. The maximum absolute atomic E-state index is 12.9. The molecule has 3 amide bonds. The van der Waals surface area contributed by atoms with Gasteiger partial charge >= 0.3 is 12.0 Å². The number of benzene rings is 2. The molecule has 0 saturated carbocycles. The minimum Gasteiger partial charge on any atom is -0.465 e. The lowest BCUT2D eigenvalue weighted by Crippen LogP contribution is -2.33. The minimum atomic E-state index is -0.510. The number of esters is 1. The summed E-state index contributed by atoms with van der Waals surface area (Å²) in [4.78, 5) is 48.8. The fraction of sp³-hybridized carbons (Fsp3) is 0.190. The van der Waals surface area contributed by atoms with Gasteiger partial charge in [-0.05, 0) is 37.3 Å². The molecule has 1 aromatic heterocycles. The quantitative estimate of drug-likeness (QED) is 0.502. The van der Waals surface area contributed by atoms with E-state index in [2.05, 4.69) is 9.97 Å². The number of amides is 3. The monoisotopic (exact) mass is 390 g/mol. The Kier molecular flexibility index (Phi) is 4.67. The summed E-state index contributed by atoms with van der Waals surface area (Å²) in [5, 5.41) is 0. The van der Waals surface area contributed by atoms with Crippen molar-refractivity contribution in [2.75, 3.05) is 18.6 Å². The Bertz CT molecular complexity index is 1140. The number of rotatable bonds is 4. The molecule has 2 aromatic carbocycles. The third-order valence-electron chi connectivity index (χ3n) is 4.79. The average molecular weight is 390 g/mol. The summed E-state index contributed by atoms with van der Waals surface area (Å²) in [6, 6.07) is 13.4. The van der Waals surface area contributed by atoms with Crippen LogP contribution in [0.25, 0.3) is 11.0 Å². The second kappa shape index (κ2) is 7.31. The summed E-state index contributed by atoms with van der Waals surface area (Å²) >= 11 is 0. The van der Waals surface area contributed by atoms with Gasteiger partial charge in [0.1, 0.15) is 6.54 Å². The van der Waals surface area contributed by atoms with Crippen molar-refractivity contribution in [3.63, 3.8) is 0 Å². The predicted octanol–water partition coefficient (Wildman–Crippen LogP) is 2.69. The van der Waals surface area contributed by atoms with Crippen LogP contribution < -0.4 is 4.90 Å². The number of aromatic nitrogens is 2. The molecule has 0 atom stereocenters. The molecule has 0 unspecified atom stereocenters. The second-order valence-electron chi connectivity index (χ2n) is 6.63. The van der Waals surface area contributed by atoms with E-state index in [-0.39, 0.29) is 19.0 Å². The molecule has 1 fully saturated rings. The molecule has 146 valence electrons. The first-order valence-electron chi connectivity index (χ1n) is 9.00. The minimum absolute atomic E-state index is 0.0362. The summed E-state index contributed by atoms with van der Waals surface area (Å²) in [5.41, 5.74) is 3.45. The number of nitrogens with zero attached hydrogens (tertiary/aromatic N) is 4. The number of hydrogen-bond acceptors (Lipinski definition) is 6. The van der Waals surface area contributed by atoms with Gasteiger partial charge in [0.15, 0.2) is 0 Å². The van der Waals surface area contributed by atoms with Crippen LogP contribution in [0.15, 0.2) is 48.5 Å². The van der Waals surface area contributed by atoms with Gasteiger partial charge in [0.25, 0.3) is 5.91 Å². The number of urea groups is 1. The predicted molar refractivity (Wildman–Crippen MR) is 105 cm³/mol. The maximum Gasteiger partial charge on any atom is 0.337 e. The third-order valence-corrected chi connectivity index (χ3v) is 4.79. The van der Waals surface area contributed by atoms with Crippen LogP contribution in [0.1, 0.15) is 21.7 Å². The number of carbonyl (C=O) groups excluding carboxylic acids is 3. The van der Waals surface area contributed by atoms with Gasteiger partial charge in [-0.15, -0.1) is 0 Å². The Morgan fingerprint density at radius 3 is 2.52 bits per heavy atom. The molecule has 0 aliphatic carbocycles. The van der Waals surface area contributed by atoms with Gasteiger partial charge in [0, 0.05) is 5.69 Å². The molecular formula is C21H18N4O4. The first-order chi connectivity index (χ1) is 14.0. The highest BCUT2D eigenvalue weighted by atomic mass is 16.5. The fourth-order valence-electron chi connectivity index (χ4n) is 3.24. The van der Waals surface area contributed by atoms with E-state index in [0.29, 0.717) is 28.2 Å². The first-order valence-corrected chi connectivity index (χ1v) is 9.00. The molecule has 8 nitrogen and oxygen atoms in total. The zero-order chi connectivity index (χ0) is 20.5. The number of hydrogen-bond donors (Lipinski definition) is 0. The van der Waals surface area contributed by atoms with E-state index in [1.54, 1.807) is 25.1 Å². The van der Waals surface area contributed by atoms with Gasteiger partial charge in [-0.3, -0.25) is 14.6 Å². The number of carbonyl (C=O) groups is 3. The Balaban J connectivity index is 1.61. The first kappa shape index (κ1) is 18.5. The molecule has 0 bridgehead atoms. The van der Waals surface area contributed by atoms with Gasteiger partial charge < -0.3 is 4.74 Å². The molecule has 1 saturated heterocycles. The van der Waals surface area contributed by atoms with Gasteiger partial charge in [0.2, 0.25) is 0 Å². The van der Waals surface area contributed by atoms with Gasteiger partial charge in [-0.1, -0.05) is 18.2 Å². The van der Waals surface area contributed by atoms with Crippen LogP contribution in [0.5, 0.6) is 0 Å². The van der Waals surface area contributed by atoms with Crippen LogP contribution in [0.4, 0.5) is 10.5 Å². The molecule has 1 aliphatic heterocycles. The van der Waals surface area contributed by atoms with E-state index in [9.17, 15) is 14.4 Å². The van der Waals surface area contributed by atoms with Crippen molar-refractivity contribution < 1.29 is 19.1 Å². The van der Waals surface area contributed by atoms with E-state index >= 15 is 0 Å². The smallest absolute Gasteiger partial charge is 0.337 e. The number of fused-ring (bicyclic) bond motifs is 1. The van der Waals surface area contributed by atoms with E-state index in [1.807, 2.05) is 24.3 Å². The Morgan fingerprint density at radius 2 is 1.79 bits per heavy atom. The highest BCUT2D eigenvalue weighted by Crippen LogP contribution is 2.24. The second-order valence-corrected chi connectivity index (χ2v) is 6.63. The van der Waals surface area contributed by atoms with Crippen molar-refractivity contribution in [1.29, 1.82) is 0 Å². The number of anilines is 1. The summed E-state index contributed by atoms with van der Waals surface area (Å²) in [5.74, 6) is -0.850. The number of aryl methyl sites for hydroxylation is 1. The van der Waals surface area contributed by atoms with Crippen molar-refractivity contribution in [3.05, 3.63) is 65.5 Å². The maximum atomic E-state index is 12.9. The van der Waals surface area contributed by atoms with Crippen molar-refractivity contribution in [2.45, 2.75) is 13.5 Å². The van der Waals surface area contributed by atoms with E-state index in [0.717, 1.165) is 10.4 Å². The molecular weight excluding hydrogens is 372 g/mol. The highest BCUT2D eigenvalue weighted by molar-refractivity contribution is 6.12. The van der Waals surface area contributed by atoms with Crippen molar-refractivity contribution in [1.82, 2.24) is 14.9 Å². The topological polar surface area (TPSA) is 92.7 Å². The van der Waals surface area contributed by atoms with Crippen molar-refractivity contribution in [2.24, 2.45) is 0 Å². The Hall–Kier alpha value is -3.81. The van der Waals surface area contributed by atoms with E-state index in [4.69, 9.17) is 4.74 Å². The van der Waals surface area contributed by atoms with Crippen LogP contribution >= 0.6 is 0 Å². The molecule has 8 heteroatoms. The fourth-order valence-corrected chi connectivity index (χ4v) is 3.24. The highest BCUT2D eigenvalue weighted by Gasteiger charge is 2.37. The van der Waals surface area contributed by atoms with E-state index in [1.165, 1.54) is 18.1 Å². The molecule has 29 heavy (non-hydrogen) atoms. The van der Waals surface area contributed by atoms with Crippen molar-refractivity contribution in [3.8, 4) is 0 Å². The van der Waals surface area contributed by atoms with E-state index < -0.39 is 12.0 Å². The average Bonchev–Trinajstić information content (AvgIpc) is 3.02. The summed E-state index contributed by atoms with van der Waals surface area (Å²) in [6.07, 6.45) is 0.